The molecule has 228 valence electrons. The highest BCUT2D eigenvalue weighted by Gasteiger charge is 2.22. The van der Waals surface area contributed by atoms with Crippen LogP contribution in [0.5, 0.6) is 23.0 Å². The number of aryl methyl sites for hydroxylation is 2. The van der Waals surface area contributed by atoms with Gasteiger partial charge in [-0.2, -0.15) is 0 Å². The first-order chi connectivity index (χ1) is 20.7. The van der Waals surface area contributed by atoms with Crippen molar-refractivity contribution in [2.45, 2.75) is 63.8 Å². The molecule has 0 fully saturated rings. The Labute approximate surface area is 254 Å². The molecule has 0 bridgehead atoms. The van der Waals surface area contributed by atoms with E-state index in [4.69, 9.17) is 4.74 Å². The molecule has 4 aromatic rings. The number of phenolic OH excluding ortho intramolecular Hbond substituents is 4. The Morgan fingerprint density at radius 2 is 0.791 bits per heavy atom. The molecule has 7 heteroatoms. The largest absolute Gasteiger partial charge is 0.508 e. The average Bonchev–Trinajstić information content (AvgIpc) is 3.01. The Bertz CT molecular complexity index is 1250. The first kappa shape index (κ1) is 31.9. The second-order valence-corrected chi connectivity index (χ2v) is 11.3. The fraction of sp³-hybridized carbons (Fsp3) is 0.333. The lowest BCUT2D eigenvalue weighted by atomic mass is 10.0. The molecule has 0 aliphatic heterocycles. The SMILES string of the molecule is CC(CCc1ccc(O)cc1)NCC(OC(CNC(C)CCc1ccc(O)cc1)c1ccc(O)cc1)c1ccc(O)cc1. The fourth-order valence-electron chi connectivity index (χ4n) is 4.98. The summed E-state index contributed by atoms with van der Waals surface area (Å²) in [5, 5.41) is 46.2. The van der Waals surface area contributed by atoms with Crippen LogP contribution in [0.25, 0.3) is 0 Å². The van der Waals surface area contributed by atoms with Crippen LogP contribution in [-0.4, -0.2) is 45.6 Å². The Morgan fingerprint density at radius 3 is 1.12 bits per heavy atom. The molecule has 6 N–H and O–H groups in total. The van der Waals surface area contributed by atoms with Crippen LogP contribution in [0.2, 0.25) is 0 Å². The molecule has 0 aromatic heterocycles. The van der Waals surface area contributed by atoms with Gasteiger partial charge in [-0.1, -0.05) is 48.5 Å². The quantitative estimate of drug-likeness (QED) is 0.0888. The molecule has 4 aromatic carbocycles. The predicted octanol–water partition coefficient (Wildman–Crippen LogP) is 6.53. The van der Waals surface area contributed by atoms with Crippen molar-refractivity contribution in [3.63, 3.8) is 0 Å². The molecule has 0 spiro atoms. The normalized spacial score (nSPS) is 14.2. The molecule has 0 aliphatic carbocycles. The van der Waals surface area contributed by atoms with E-state index in [9.17, 15) is 20.4 Å². The second-order valence-electron chi connectivity index (χ2n) is 11.3. The van der Waals surface area contributed by atoms with Crippen LogP contribution in [0.4, 0.5) is 0 Å². The van der Waals surface area contributed by atoms with E-state index in [1.54, 1.807) is 48.5 Å². The van der Waals surface area contributed by atoms with Crippen LogP contribution in [0, 0.1) is 0 Å². The molecule has 43 heavy (non-hydrogen) atoms. The number of phenols is 4. The summed E-state index contributed by atoms with van der Waals surface area (Å²) in [5.41, 5.74) is 4.27. The van der Waals surface area contributed by atoms with Gasteiger partial charge in [0.25, 0.3) is 0 Å². The van der Waals surface area contributed by atoms with Crippen molar-refractivity contribution < 1.29 is 25.2 Å². The van der Waals surface area contributed by atoms with Gasteiger partial charge >= 0.3 is 0 Å². The summed E-state index contributed by atoms with van der Waals surface area (Å²) in [5.74, 6) is 0.954. The summed E-state index contributed by atoms with van der Waals surface area (Å²) in [6.45, 7) is 5.46. The minimum absolute atomic E-state index is 0.205. The third kappa shape index (κ3) is 10.6. The maximum atomic E-state index is 9.91. The van der Waals surface area contributed by atoms with E-state index in [1.807, 2.05) is 48.5 Å². The van der Waals surface area contributed by atoms with Gasteiger partial charge in [-0.3, -0.25) is 0 Å². The molecule has 0 radical (unpaired) electrons. The van der Waals surface area contributed by atoms with E-state index >= 15 is 0 Å². The summed E-state index contributed by atoms with van der Waals surface area (Å²) in [6, 6.07) is 29.4. The van der Waals surface area contributed by atoms with Gasteiger partial charge in [0.15, 0.2) is 0 Å². The van der Waals surface area contributed by atoms with E-state index in [-0.39, 0.29) is 47.3 Å². The highest BCUT2D eigenvalue weighted by atomic mass is 16.5. The predicted molar refractivity (Wildman–Crippen MR) is 171 cm³/mol. The molecule has 0 amide bonds. The summed E-state index contributed by atoms with van der Waals surface area (Å²) in [6.07, 6.45) is 3.06. The average molecular weight is 585 g/mol. The number of nitrogens with one attached hydrogen (secondary N) is 2. The fourth-order valence-corrected chi connectivity index (χ4v) is 4.98. The number of hydrogen-bond donors (Lipinski definition) is 6. The van der Waals surface area contributed by atoms with Gasteiger partial charge in [0.2, 0.25) is 0 Å². The van der Waals surface area contributed by atoms with Crippen molar-refractivity contribution in [2.24, 2.45) is 0 Å². The lowest BCUT2D eigenvalue weighted by Gasteiger charge is -2.29. The van der Waals surface area contributed by atoms with E-state index in [0.29, 0.717) is 13.1 Å². The van der Waals surface area contributed by atoms with Gasteiger partial charge in [-0.05, 0) is 110 Å². The van der Waals surface area contributed by atoms with Crippen LogP contribution >= 0.6 is 0 Å². The van der Waals surface area contributed by atoms with E-state index in [1.165, 1.54) is 11.1 Å². The number of ether oxygens (including phenoxy) is 1. The number of aromatic hydroxyl groups is 4. The van der Waals surface area contributed by atoms with Gasteiger partial charge in [-0.15, -0.1) is 0 Å². The van der Waals surface area contributed by atoms with E-state index < -0.39 is 0 Å². The summed E-state index contributed by atoms with van der Waals surface area (Å²) in [4.78, 5) is 0. The number of hydrogen-bond acceptors (Lipinski definition) is 7. The summed E-state index contributed by atoms with van der Waals surface area (Å²) < 4.78 is 6.81. The minimum Gasteiger partial charge on any atom is -0.508 e. The van der Waals surface area contributed by atoms with E-state index in [0.717, 1.165) is 36.8 Å². The first-order valence-electron chi connectivity index (χ1n) is 15.0. The third-order valence-corrected chi connectivity index (χ3v) is 7.77. The van der Waals surface area contributed by atoms with Crippen LogP contribution in [0.15, 0.2) is 97.1 Å². The highest BCUT2D eigenvalue weighted by Crippen LogP contribution is 2.29. The topological polar surface area (TPSA) is 114 Å². The van der Waals surface area contributed by atoms with Crippen molar-refractivity contribution in [2.75, 3.05) is 13.1 Å². The van der Waals surface area contributed by atoms with Crippen LogP contribution in [0.3, 0.4) is 0 Å². The number of benzene rings is 4. The Kier molecular flexibility index (Phi) is 11.9. The smallest absolute Gasteiger partial charge is 0.115 e. The van der Waals surface area contributed by atoms with Gasteiger partial charge in [-0.25, -0.2) is 0 Å². The monoisotopic (exact) mass is 584 g/mol. The van der Waals surface area contributed by atoms with Crippen LogP contribution in [-0.2, 0) is 17.6 Å². The molecule has 7 nitrogen and oxygen atoms in total. The van der Waals surface area contributed by atoms with Gasteiger partial charge in [0.1, 0.15) is 23.0 Å². The zero-order chi connectivity index (χ0) is 30.6. The zero-order valence-corrected chi connectivity index (χ0v) is 25.0. The molecule has 0 saturated heterocycles. The maximum Gasteiger partial charge on any atom is 0.115 e. The Balaban J connectivity index is 1.42. The Morgan fingerprint density at radius 1 is 0.488 bits per heavy atom. The van der Waals surface area contributed by atoms with Crippen molar-refractivity contribution in [3.8, 4) is 23.0 Å². The zero-order valence-electron chi connectivity index (χ0n) is 25.0. The number of rotatable bonds is 16. The van der Waals surface area contributed by atoms with Crippen LogP contribution in [0.1, 0.15) is 61.2 Å². The maximum absolute atomic E-state index is 9.91. The summed E-state index contributed by atoms with van der Waals surface area (Å²) >= 11 is 0. The molecule has 4 atom stereocenters. The summed E-state index contributed by atoms with van der Waals surface area (Å²) in [7, 11) is 0. The molecule has 0 saturated carbocycles. The van der Waals surface area contributed by atoms with Crippen molar-refractivity contribution in [1.82, 2.24) is 10.6 Å². The second kappa shape index (κ2) is 16.0. The first-order valence-corrected chi connectivity index (χ1v) is 15.0. The standard InChI is InChI=1S/C36H44N2O5/c1-25(3-5-27-7-15-31(39)16-8-27)37-23-35(29-11-19-33(41)20-12-29)43-36(30-13-21-34(42)22-14-30)24-38-26(2)4-6-28-9-17-32(40)18-10-28/h7-22,25-26,35-42H,3-6,23-24H2,1-2H3. The molecule has 0 heterocycles. The molecule has 4 rings (SSSR count). The Hall–Kier alpha value is -4.04. The van der Waals surface area contributed by atoms with E-state index in [2.05, 4.69) is 24.5 Å². The van der Waals surface area contributed by atoms with Crippen molar-refractivity contribution in [1.29, 1.82) is 0 Å². The van der Waals surface area contributed by atoms with Gasteiger partial charge in [0, 0.05) is 25.2 Å². The lowest BCUT2D eigenvalue weighted by molar-refractivity contribution is -0.0161. The third-order valence-electron chi connectivity index (χ3n) is 7.77. The van der Waals surface area contributed by atoms with Crippen LogP contribution < -0.4 is 10.6 Å². The highest BCUT2D eigenvalue weighted by molar-refractivity contribution is 5.30. The molecule has 0 aliphatic rings. The lowest BCUT2D eigenvalue weighted by Crippen LogP contribution is -2.35. The van der Waals surface area contributed by atoms with Crippen molar-refractivity contribution >= 4 is 0 Å². The molecular formula is C36H44N2O5. The van der Waals surface area contributed by atoms with Gasteiger partial charge < -0.3 is 35.8 Å². The minimum atomic E-state index is -0.287. The molecular weight excluding hydrogens is 540 g/mol. The van der Waals surface area contributed by atoms with Crippen molar-refractivity contribution in [3.05, 3.63) is 119 Å². The van der Waals surface area contributed by atoms with Gasteiger partial charge in [0.05, 0.1) is 12.2 Å². The molecule has 4 unspecified atom stereocenters.